The van der Waals surface area contributed by atoms with Crippen LogP contribution >= 0.6 is 0 Å². The SMILES string of the molecule is O=C(C[C@H]1CCS(=O)(=O)C1)OCc1coc(-c2ccccc2)n1. The zero-order valence-corrected chi connectivity index (χ0v) is 13.3. The van der Waals surface area contributed by atoms with Crippen molar-refractivity contribution in [3.63, 3.8) is 0 Å². The summed E-state index contributed by atoms with van der Waals surface area (Å²) in [5.74, 6) is 0.165. The molecule has 0 aliphatic carbocycles. The van der Waals surface area contributed by atoms with Crippen molar-refractivity contribution in [1.82, 2.24) is 4.98 Å². The molecule has 1 atom stereocenters. The van der Waals surface area contributed by atoms with Crippen LogP contribution in [0.25, 0.3) is 11.5 Å². The van der Waals surface area contributed by atoms with Crippen molar-refractivity contribution in [2.45, 2.75) is 19.4 Å². The van der Waals surface area contributed by atoms with Crippen LogP contribution in [0, 0.1) is 5.92 Å². The van der Waals surface area contributed by atoms with Gasteiger partial charge in [-0.15, -0.1) is 0 Å². The summed E-state index contributed by atoms with van der Waals surface area (Å²) in [5.41, 5.74) is 1.37. The van der Waals surface area contributed by atoms with Gasteiger partial charge in [0.1, 0.15) is 18.6 Å². The lowest BCUT2D eigenvalue weighted by molar-refractivity contribution is -0.146. The van der Waals surface area contributed by atoms with Gasteiger partial charge in [0.25, 0.3) is 0 Å². The maximum atomic E-state index is 11.8. The predicted molar refractivity (Wildman–Crippen MR) is 83.1 cm³/mol. The molecule has 0 radical (unpaired) electrons. The summed E-state index contributed by atoms with van der Waals surface area (Å²) in [6, 6.07) is 9.42. The van der Waals surface area contributed by atoms with Crippen molar-refractivity contribution in [3.8, 4) is 11.5 Å². The van der Waals surface area contributed by atoms with Gasteiger partial charge in [-0.05, 0) is 24.5 Å². The molecule has 7 heteroatoms. The van der Waals surface area contributed by atoms with Crippen LogP contribution in [0.3, 0.4) is 0 Å². The molecule has 0 bridgehead atoms. The highest BCUT2D eigenvalue weighted by molar-refractivity contribution is 7.91. The number of carbonyl (C=O) groups is 1. The van der Waals surface area contributed by atoms with Gasteiger partial charge >= 0.3 is 5.97 Å². The first-order valence-corrected chi connectivity index (χ1v) is 9.20. The molecule has 6 nitrogen and oxygen atoms in total. The van der Waals surface area contributed by atoms with Crippen LogP contribution in [0.15, 0.2) is 41.0 Å². The molecule has 1 aliphatic rings. The van der Waals surface area contributed by atoms with Crippen LogP contribution in [0.4, 0.5) is 0 Å². The van der Waals surface area contributed by atoms with E-state index in [9.17, 15) is 13.2 Å². The summed E-state index contributed by atoms with van der Waals surface area (Å²) in [4.78, 5) is 16.1. The molecule has 0 unspecified atom stereocenters. The van der Waals surface area contributed by atoms with Gasteiger partial charge in [0.2, 0.25) is 5.89 Å². The number of hydrogen-bond donors (Lipinski definition) is 0. The number of nitrogens with zero attached hydrogens (tertiary/aromatic N) is 1. The van der Waals surface area contributed by atoms with E-state index in [1.807, 2.05) is 30.3 Å². The van der Waals surface area contributed by atoms with Gasteiger partial charge in [-0.1, -0.05) is 18.2 Å². The second-order valence-corrected chi connectivity index (χ2v) is 7.87. The van der Waals surface area contributed by atoms with E-state index in [0.29, 0.717) is 18.0 Å². The smallest absolute Gasteiger partial charge is 0.306 e. The number of sulfone groups is 1. The minimum Gasteiger partial charge on any atom is -0.459 e. The molecule has 3 rings (SSSR count). The van der Waals surface area contributed by atoms with E-state index in [2.05, 4.69) is 4.98 Å². The van der Waals surface area contributed by atoms with E-state index in [1.54, 1.807) is 0 Å². The third-order valence-corrected chi connectivity index (χ3v) is 5.57. The second-order valence-electron chi connectivity index (χ2n) is 5.64. The molecule has 23 heavy (non-hydrogen) atoms. The van der Waals surface area contributed by atoms with Crippen molar-refractivity contribution < 1.29 is 22.4 Å². The van der Waals surface area contributed by atoms with Crippen LogP contribution in [0.2, 0.25) is 0 Å². The molecule has 1 fully saturated rings. The Morgan fingerprint density at radius 1 is 1.30 bits per heavy atom. The van der Waals surface area contributed by atoms with Gasteiger partial charge in [-0.25, -0.2) is 13.4 Å². The van der Waals surface area contributed by atoms with Crippen molar-refractivity contribution >= 4 is 15.8 Å². The Kier molecular flexibility index (Phi) is 4.47. The highest BCUT2D eigenvalue weighted by Crippen LogP contribution is 2.22. The zero-order valence-electron chi connectivity index (χ0n) is 12.5. The highest BCUT2D eigenvalue weighted by atomic mass is 32.2. The van der Waals surface area contributed by atoms with Crippen molar-refractivity contribution in [2.75, 3.05) is 11.5 Å². The number of esters is 1. The Morgan fingerprint density at radius 3 is 2.78 bits per heavy atom. The van der Waals surface area contributed by atoms with Crippen LogP contribution in [-0.2, 0) is 26.0 Å². The van der Waals surface area contributed by atoms with E-state index in [4.69, 9.17) is 9.15 Å². The third-order valence-electron chi connectivity index (χ3n) is 3.74. The minimum absolute atomic E-state index is 0.0225. The molecule has 1 saturated heterocycles. The first-order chi connectivity index (χ1) is 11.0. The summed E-state index contributed by atoms with van der Waals surface area (Å²) in [7, 11) is -2.97. The summed E-state index contributed by atoms with van der Waals surface area (Å²) in [6.07, 6.45) is 2.11. The topological polar surface area (TPSA) is 86.5 Å². The summed E-state index contributed by atoms with van der Waals surface area (Å²) < 4.78 is 33.2. The molecule has 1 aromatic heterocycles. The fourth-order valence-electron chi connectivity index (χ4n) is 2.57. The standard InChI is InChI=1S/C16H17NO5S/c18-15(8-12-6-7-23(19,20)11-12)21-9-14-10-22-16(17-14)13-4-2-1-3-5-13/h1-5,10,12H,6-9,11H2/t12-/m1/s1. The summed E-state index contributed by atoms with van der Waals surface area (Å²) in [6.45, 7) is 0.0225. The monoisotopic (exact) mass is 335 g/mol. The van der Waals surface area contributed by atoms with E-state index in [-0.39, 0.29) is 30.5 Å². The molecule has 1 aromatic carbocycles. The maximum absolute atomic E-state index is 11.8. The van der Waals surface area contributed by atoms with Gasteiger partial charge in [-0.3, -0.25) is 4.79 Å². The average molecular weight is 335 g/mol. The van der Waals surface area contributed by atoms with E-state index >= 15 is 0 Å². The third kappa shape index (κ3) is 4.19. The van der Waals surface area contributed by atoms with Gasteiger partial charge in [0, 0.05) is 12.0 Å². The van der Waals surface area contributed by atoms with Gasteiger partial charge in [-0.2, -0.15) is 0 Å². The van der Waals surface area contributed by atoms with Crippen molar-refractivity contribution in [1.29, 1.82) is 0 Å². The number of hydrogen-bond acceptors (Lipinski definition) is 6. The molecule has 0 N–H and O–H groups in total. The Balaban J connectivity index is 1.51. The lowest BCUT2D eigenvalue weighted by Gasteiger charge is -2.06. The van der Waals surface area contributed by atoms with Gasteiger partial charge < -0.3 is 9.15 Å². The lowest BCUT2D eigenvalue weighted by Crippen LogP contribution is -2.13. The normalized spacial score (nSPS) is 19.6. The molecule has 0 saturated carbocycles. The van der Waals surface area contributed by atoms with Gasteiger partial charge in [0.05, 0.1) is 11.5 Å². The van der Waals surface area contributed by atoms with Crippen LogP contribution < -0.4 is 0 Å². The van der Waals surface area contributed by atoms with Crippen molar-refractivity contribution in [2.24, 2.45) is 5.92 Å². The number of rotatable bonds is 5. The fraction of sp³-hybridized carbons (Fsp3) is 0.375. The molecule has 2 aromatic rings. The first-order valence-electron chi connectivity index (χ1n) is 7.38. The highest BCUT2D eigenvalue weighted by Gasteiger charge is 2.29. The Labute approximate surface area is 134 Å². The largest absolute Gasteiger partial charge is 0.459 e. The quantitative estimate of drug-likeness (QED) is 0.779. The Bertz CT molecular complexity index is 782. The maximum Gasteiger partial charge on any atom is 0.306 e. The Hall–Kier alpha value is -2.15. The predicted octanol–water partition coefficient (Wildman–Crippen LogP) is 2.21. The summed E-state index contributed by atoms with van der Waals surface area (Å²) in [5, 5.41) is 0. The second kappa shape index (κ2) is 6.54. The fourth-order valence-corrected chi connectivity index (χ4v) is 4.43. The van der Waals surface area contributed by atoms with Crippen molar-refractivity contribution in [3.05, 3.63) is 42.3 Å². The molecular formula is C16H17NO5S. The lowest BCUT2D eigenvalue weighted by atomic mass is 10.1. The number of oxazole rings is 1. The van der Waals surface area contributed by atoms with E-state index in [1.165, 1.54) is 6.26 Å². The number of ether oxygens (including phenoxy) is 1. The van der Waals surface area contributed by atoms with Crippen LogP contribution in [0.1, 0.15) is 18.5 Å². The average Bonchev–Trinajstić information content (AvgIpc) is 3.13. The van der Waals surface area contributed by atoms with Gasteiger partial charge in [0.15, 0.2) is 9.84 Å². The van der Waals surface area contributed by atoms with E-state index in [0.717, 1.165) is 5.56 Å². The molecule has 2 heterocycles. The number of carbonyl (C=O) groups excluding carboxylic acids is 1. The number of aromatic nitrogens is 1. The zero-order chi connectivity index (χ0) is 16.3. The summed E-state index contributed by atoms with van der Waals surface area (Å²) >= 11 is 0. The first kappa shape index (κ1) is 15.7. The van der Waals surface area contributed by atoms with Crippen LogP contribution in [0.5, 0.6) is 0 Å². The molecule has 122 valence electrons. The molecular weight excluding hydrogens is 318 g/mol. The molecule has 1 aliphatic heterocycles. The Morgan fingerprint density at radius 2 is 2.09 bits per heavy atom. The van der Waals surface area contributed by atoms with E-state index < -0.39 is 15.8 Å². The number of benzene rings is 1. The molecule has 0 amide bonds. The molecule has 0 spiro atoms. The van der Waals surface area contributed by atoms with Crippen LogP contribution in [-0.4, -0.2) is 30.9 Å². The minimum atomic E-state index is -2.97.